The van der Waals surface area contributed by atoms with Gasteiger partial charge in [0.15, 0.2) is 4.80 Å². The summed E-state index contributed by atoms with van der Waals surface area (Å²) in [6.45, 7) is 5.29. The van der Waals surface area contributed by atoms with E-state index in [2.05, 4.69) is 11.9 Å². The molecule has 0 spiro atoms. The number of carbonyl (C=O) groups is 1. The first-order chi connectivity index (χ1) is 12.5. The Morgan fingerprint density at radius 2 is 2.08 bits per heavy atom. The molecule has 3 aromatic rings. The van der Waals surface area contributed by atoms with Crippen LogP contribution in [0.15, 0.2) is 35.3 Å². The second kappa shape index (κ2) is 7.79. The lowest BCUT2D eigenvalue weighted by Crippen LogP contribution is -2.16. The summed E-state index contributed by atoms with van der Waals surface area (Å²) in [5, 5.41) is 10.7. The van der Waals surface area contributed by atoms with E-state index in [0.717, 1.165) is 40.3 Å². The van der Waals surface area contributed by atoms with Crippen molar-refractivity contribution in [3.63, 3.8) is 0 Å². The monoisotopic (exact) mass is 391 g/mol. The van der Waals surface area contributed by atoms with Crippen LogP contribution in [0.4, 0.5) is 5.00 Å². The number of nitrogens with zero attached hydrogens (tertiary/aromatic N) is 3. The van der Waals surface area contributed by atoms with Gasteiger partial charge in [0.2, 0.25) is 0 Å². The number of benzene rings is 1. The highest BCUT2D eigenvalue weighted by molar-refractivity contribution is 7.17. The maximum Gasteiger partial charge on any atom is 0.324 e. The van der Waals surface area contributed by atoms with Crippen LogP contribution in [0.1, 0.15) is 29.9 Å². The van der Waals surface area contributed by atoms with E-state index in [4.69, 9.17) is 4.74 Å². The van der Waals surface area contributed by atoms with E-state index in [9.17, 15) is 14.9 Å². The Morgan fingerprint density at radius 1 is 1.27 bits per heavy atom. The van der Waals surface area contributed by atoms with E-state index in [0.29, 0.717) is 11.4 Å². The van der Waals surface area contributed by atoms with Crippen LogP contribution in [0.2, 0.25) is 0 Å². The number of rotatable bonds is 6. The zero-order valence-electron chi connectivity index (χ0n) is 14.3. The lowest BCUT2D eigenvalue weighted by atomic mass is 10.3. The van der Waals surface area contributed by atoms with E-state index in [-0.39, 0.29) is 9.88 Å². The minimum absolute atomic E-state index is 0.0670. The van der Waals surface area contributed by atoms with Gasteiger partial charge in [-0.25, -0.2) is 0 Å². The number of carbonyl (C=O) groups excluding carboxylic acids is 1. The van der Waals surface area contributed by atoms with Crippen LogP contribution < -0.4 is 9.54 Å². The first-order valence-corrected chi connectivity index (χ1v) is 9.76. The molecule has 0 radical (unpaired) electrons. The van der Waals surface area contributed by atoms with E-state index in [1.54, 1.807) is 0 Å². The Balaban J connectivity index is 2.06. The molecule has 0 aliphatic carbocycles. The summed E-state index contributed by atoms with van der Waals surface area (Å²) in [5.74, 6) is 0.307. The van der Waals surface area contributed by atoms with E-state index < -0.39 is 10.8 Å². The van der Waals surface area contributed by atoms with Crippen molar-refractivity contribution in [2.24, 2.45) is 4.99 Å². The highest BCUT2D eigenvalue weighted by atomic mass is 32.1. The maximum absolute atomic E-state index is 12.4. The van der Waals surface area contributed by atoms with E-state index in [1.165, 1.54) is 23.5 Å². The SMILES string of the molecule is CCCn1c(=NC(=O)c2ccc([N+](=O)[O-])s2)sc2cc(OCC)ccc21. The third-order valence-electron chi connectivity index (χ3n) is 3.59. The summed E-state index contributed by atoms with van der Waals surface area (Å²) in [6, 6.07) is 8.58. The van der Waals surface area contributed by atoms with Crippen LogP contribution >= 0.6 is 22.7 Å². The van der Waals surface area contributed by atoms with Crippen molar-refractivity contribution in [1.29, 1.82) is 0 Å². The molecular formula is C17H17N3O4S2. The number of fused-ring (bicyclic) bond motifs is 1. The molecule has 0 bridgehead atoms. The summed E-state index contributed by atoms with van der Waals surface area (Å²) in [7, 11) is 0. The number of hydrogen-bond acceptors (Lipinski definition) is 6. The molecule has 1 amide bonds. The van der Waals surface area contributed by atoms with Gasteiger partial charge in [-0.1, -0.05) is 29.6 Å². The number of aryl methyl sites for hydroxylation is 1. The standard InChI is InChI=1S/C17H17N3O4S2/c1-3-9-19-12-6-5-11(24-4-2)10-14(12)26-17(19)18-16(21)13-7-8-15(25-13)20(22)23/h5-8,10H,3-4,9H2,1-2H3. The number of amides is 1. The Morgan fingerprint density at radius 3 is 2.73 bits per heavy atom. The zero-order valence-corrected chi connectivity index (χ0v) is 15.9. The number of aromatic nitrogens is 1. The van der Waals surface area contributed by atoms with Crippen molar-refractivity contribution in [2.45, 2.75) is 26.8 Å². The molecule has 9 heteroatoms. The van der Waals surface area contributed by atoms with Crippen molar-refractivity contribution in [3.8, 4) is 5.75 Å². The molecule has 0 aliphatic rings. The Labute approximate surface area is 157 Å². The fourth-order valence-corrected chi connectivity index (χ4v) is 4.31. The quantitative estimate of drug-likeness (QED) is 0.465. The van der Waals surface area contributed by atoms with Crippen molar-refractivity contribution < 1.29 is 14.5 Å². The molecule has 0 saturated heterocycles. The van der Waals surface area contributed by atoms with Gasteiger partial charge in [0, 0.05) is 12.6 Å². The number of ether oxygens (including phenoxy) is 1. The van der Waals surface area contributed by atoms with Crippen molar-refractivity contribution >= 4 is 43.8 Å². The number of thiazole rings is 1. The van der Waals surface area contributed by atoms with Crippen LogP contribution in [-0.2, 0) is 6.54 Å². The normalized spacial score (nSPS) is 11.8. The molecule has 136 valence electrons. The van der Waals surface area contributed by atoms with Gasteiger partial charge in [-0.05, 0) is 37.6 Å². The molecular weight excluding hydrogens is 374 g/mol. The third-order valence-corrected chi connectivity index (χ3v) is 5.66. The van der Waals surface area contributed by atoms with Gasteiger partial charge in [-0.15, -0.1) is 0 Å². The molecule has 7 nitrogen and oxygen atoms in total. The summed E-state index contributed by atoms with van der Waals surface area (Å²) in [5.41, 5.74) is 0.990. The van der Waals surface area contributed by atoms with Gasteiger partial charge in [0.1, 0.15) is 10.6 Å². The van der Waals surface area contributed by atoms with Crippen LogP contribution in [0.5, 0.6) is 5.75 Å². The smallest absolute Gasteiger partial charge is 0.324 e. The molecule has 2 heterocycles. The van der Waals surface area contributed by atoms with Crippen LogP contribution in [0.3, 0.4) is 0 Å². The highest BCUT2D eigenvalue weighted by Gasteiger charge is 2.16. The lowest BCUT2D eigenvalue weighted by molar-refractivity contribution is -0.380. The van der Waals surface area contributed by atoms with Gasteiger partial charge in [-0.3, -0.25) is 14.9 Å². The molecule has 26 heavy (non-hydrogen) atoms. The van der Waals surface area contributed by atoms with E-state index >= 15 is 0 Å². The second-order valence-electron chi connectivity index (χ2n) is 5.41. The third kappa shape index (κ3) is 3.68. The summed E-state index contributed by atoms with van der Waals surface area (Å²) >= 11 is 2.24. The van der Waals surface area contributed by atoms with Gasteiger partial charge in [0.05, 0.1) is 21.7 Å². The fourth-order valence-electron chi connectivity index (χ4n) is 2.52. The largest absolute Gasteiger partial charge is 0.494 e. The molecule has 0 atom stereocenters. The highest BCUT2D eigenvalue weighted by Crippen LogP contribution is 2.26. The van der Waals surface area contributed by atoms with Gasteiger partial charge >= 0.3 is 5.00 Å². The topological polar surface area (TPSA) is 86.7 Å². The molecule has 0 aliphatic heterocycles. The van der Waals surface area contributed by atoms with Crippen LogP contribution in [-0.4, -0.2) is 22.0 Å². The Kier molecular flexibility index (Phi) is 5.48. The molecule has 0 fully saturated rings. The predicted molar refractivity (Wildman–Crippen MR) is 102 cm³/mol. The van der Waals surface area contributed by atoms with Gasteiger partial charge in [0.25, 0.3) is 5.91 Å². The molecule has 0 saturated carbocycles. The minimum Gasteiger partial charge on any atom is -0.494 e. The van der Waals surface area contributed by atoms with Gasteiger partial charge < -0.3 is 9.30 Å². The molecule has 0 N–H and O–H groups in total. The molecule has 1 aromatic carbocycles. The average molecular weight is 391 g/mol. The lowest BCUT2D eigenvalue weighted by Gasteiger charge is -2.04. The maximum atomic E-state index is 12.4. The summed E-state index contributed by atoms with van der Waals surface area (Å²) in [4.78, 5) is 27.8. The summed E-state index contributed by atoms with van der Waals surface area (Å²) in [6.07, 6.45) is 0.894. The Hall–Kier alpha value is -2.52. The fraction of sp³-hybridized carbons (Fsp3) is 0.294. The van der Waals surface area contributed by atoms with Crippen molar-refractivity contribution in [1.82, 2.24) is 4.57 Å². The van der Waals surface area contributed by atoms with Crippen LogP contribution in [0.25, 0.3) is 10.2 Å². The molecule has 3 rings (SSSR count). The number of hydrogen-bond donors (Lipinski definition) is 0. The Bertz CT molecular complexity index is 1030. The van der Waals surface area contributed by atoms with Crippen LogP contribution in [0, 0.1) is 10.1 Å². The second-order valence-corrected chi connectivity index (χ2v) is 7.48. The molecule has 2 aromatic heterocycles. The first-order valence-electron chi connectivity index (χ1n) is 8.13. The number of nitro groups is 1. The van der Waals surface area contributed by atoms with Crippen molar-refractivity contribution in [2.75, 3.05) is 6.61 Å². The van der Waals surface area contributed by atoms with E-state index in [1.807, 2.05) is 29.7 Å². The first kappa shape index (κ1) is 18.3. The molecule has 0 unspecified atom stereocenters. The minimum atomic E-state index is -0.507. The van der Waals surface area contributed by atoms with Crippen molar-refractivity contribution in [3.05, 3.63) is 50.1 Å². The predicted octanol–water partition coefficient (Wildman–Crippen LogP) is 4.22. The van der Waals surface area contributed by atoms with Gasteiger partial charge in [-0.2, -0.15) is 4.99 Å². The number of thiophene rings is 1. The average Bonchev–Trinajstić information content (AvgIpc) is 3.21. The zero-order chi connectivity index (χ0) is 18.7. The summed E-state index contributed by atoms with van der Waals surface area (Å²) < 4.78 is 8.51.